The lowest BCUT2D eigenvalue weighted by Crippen LogP contribution is -3.00. The maximum absolute atomic E-state index is 6.99. The van der Waals surface area contributed by atoms with Gasteiger partial charge in [-0.05, 0) is 6.42 Å². The lowest BCUT2D eigenvalue weighted by Gasteiger charge is -2.02. The molecule has 0 aliphatic rings. The molecular weight excluding hydrogens is 248 g/mol. The third kappa shape index (κ3) is 15.1. The Morgan fingerprint density at radius 1 is 1.23 bits per heavy atom. The number of nitrogens with one attached hydrogen (secondary N) is 2. The highest BCUT2D eigenvalue weighted by Crippen LogP contribution is 2.03. The second kappa shape index (κ2) is 12.3. The van der Waals surface area contributed by atoms with Crippen molar-refractivity contribution in [2.75, 3.05) is 6.54 Å². The summed E-state index contributed by atoms with van der Waals surface area (Å²) in [5, 5.41) is 10.2. The number of thiol groups is 1. The number of hydrogen-bond acceptors (Lipinski definition) is 1. The molecule has 0 atom stereocenters. The van der Waals surface area contributed by atoms with Gasteiger partial charge in [0.2, 0.25) is 0 Å². The first-order valence-corrected chi connectivity index (χ1v) is 5.23. The van der Waals surface area contributed by atoms with E-state index in [9.17, 15) is 0 Å². The standard InChI is InChI=1S/C9H20N2S.BrH/c1-2-3-4-5-6-7-8-11-9(10)12;/h2-8H2,1H3,(H3,10,11,12);1H. The van der Waals surface area contributed by atoms with Gasteiger partial charge in [-0.25, -0.2) is 0 Å². The van der Waals surface area contributed by atoms with Crippen LogP contribution in [-0.4, -0.2) is 11.7 Å². The van der Waals surface area contributed by atoms with E-state index in [2.05, 4.69) is 24.9 Å². The second-order valence-corrected chi connectivity index (χ2v) is 3.49. The molecule has 0 aromatic heterocycles. The van der Waals surface area contributed by atoms with E-state index in [0.717, 1.165) is 13.0 Å². The lowest BCUT2D eigenvalue weighted by atomic mass is 10.1. The molecule has 0 aromatic rings. The molecule has 2 nitrogen and oxygen atoms in total. The molecule has 0 heterocycles. The topological polar surface area (TPSA) is 35.9 Å². The summed E-state index contributed by atoms with van der Waals surface area (Å²) in [7, 11) is 0. The largest absolute Gasteiger partial charge is 1.00 e. The van der Waals surface area contributed by atoms with Gasteiger partial charge in [0.25, 0.3) is 0 Å². The van der Waals surface area contributed by atoms with Gasteiger partial charge in [0.1, 0.15) is 0 Å². The molecule has 80 valence electrons. The Labute approximate surface area is 99.0 Å². The lowest BCUT2D eigenvalue weighted by molar-refractivity contribution is -0.00000288. The minimum atomic E-state index is 0. The maximum Gasteiger partial charge on any atom is 1.00 e. The van der Waals surface area contributed by atoms with E-state index in [1.54, 1.807) is 0 Å². The van der Waals surface area contributed by atoms with Crippen molar-refractivity contribution in [3.63, 3.8) is 0 Å². The molecule has 0 aliphatic carbocycles. The summed E-state index contributed by atoms with van der Waals surface area (Å²) < 4.78 is 0. The van der Waals surface area contributed by atoms with Gasteiger partial charge in [-0.15, -0.1) is 12.6 Å². The molecule has 0 aromatic carbocycles. The first-order chi connectivity index (χ1) is 5.77. The average molecular weight is 269 g/mol. The van der Waals surface area contributed by atoms with Crippen molar-refractivity contribution in [3.05, 3.63) is 0 Å². The average Bonchev–Trinajstić information content (AvgIpc) is 2.02. The van der Waals surface area contributed by atoms with Crippen LogP contribution in [0.4, 0.5) is 0 Å². The van der Waals surface area contributed by atoms with Crippen LogP contribution in [0.1, 0.15) is 46.9 Å². The van der Waals surface area contributed by atoms with Crippen molar-refractivity contribution in [3.8, 4) is 0 Å². The molecule has 0 fully saturated rings. The first-order valence-electron chi connectivity index (χ1n) is 4.78. The summed E-state index contributed by atoms with van der Waals surface area (Å²) in [6.07, 6.45) is 7.78. The highest BCUT2D eigenvalue weighted by molar-refractivity contribution is 7.96. The number of halogens is 1. The van der Waals surface area contributed by atoms with Crippen LogP contribution < -0.4 is 22.3 Å². The molecule has 0 unspecified atom stereocenters. The van der Waals surface area contributed by atoms with E-state index >= 15 is 0 Å². The zero-order chi connectivity index (χ0) is 9.23. The van der Waals surface area contributed by atoms with Crippen LogP contribution in [0.3, 0.4) is 0 Å². The van der Waals surface area contributed by atoms with Crippen LogP contribution in [0.2, 0.25) is 0 Å². The molecular formula is C9H21BrN2S. The van der Waals surface area contributed by atoms with Crippen molar-refractivity contribution < 1.29 is 18.4 Å². The monoisotopic (exact) mass is 268 g/mol. The highest BCUT2D eigenvalue weighted by Gasteiger charge is 1.90. The predicted octanol–water partition coefficient (Wildman–Crippen LogP) is -0.0824. The minimum Gasteiger partial charge on any atom is -1.00 e. The molecule has 0 amide bonds. The fraction of sp³-hybridized carbons (Fsp3) is 0.889. The van der Waals surface area contributed by atoms with Crippen LogP contribution in [0, 0.1) is 5.41 Å². The molecule has 2 N–H and O–H groups in total. The van der Waals surface area contributed by atoms with E-state index in [0.29, 0.717) is 0 Å². The predicted molar refractivity (Wildman–Crippen MR) is 59.2 cm³/mol. The Bertz CT molecular complexity index is 125. The maximum atomic E-state index is 6.99. The Morgan fingerprint density at radius 3 is 2.31 bits per heavy atom. The summed E-state index contributed by atoms with van der Waals surface area (Å²) in [4.78, 5) is 0. The third-order valence-corrected chi connectivity index (χ3v) is 1.98. The van der Waals surface area contributed by atoms with Crippen LogP contribution in [0.25, 0.3) is 0 Å². The van der Waals surface area contributed by atoms with Crippen LogP contribution >= 0.6 is 12.6 Å². The van der Waals surface area contributed by atoms with Gasteiger partial charge in [0.05, 0.1) is 0 Å². The summed E-state index contributed by atoms with van der Waals surface area (Å²) in [5.74, 6) is 0. The molecule has 0 bridgehead atoms. The smallest absolute Gasteiger partial charge is 1.00 e. The quantitative estimate of drug-likeness (QED) is 0.257. The molecule has 13 heavy (non-hydrogen) atoms. The third-order valence-electron chi connectivity index (χ3n) is 1.82. The van der Waals surface area contributed by atoms with Gasteiger partial charge in [-0.3, -0.25) is 5.41 Å². The van der Waals surface area contributed by atoms with Gasteiger partial charge in [0.15, 0.2) is 5.17 Å². The summed E-state index contributed by atoms with van der Waals surface area (Å²) >= 11 is 3.83. The van der Waals surface area contributed by atoms with Gasteiger partial charge >= 0.3 is 1.43 Å². The second-order valence-electron chi connectivity index (χ2n) is 3.04. The van der Waals surface area contributed by atoms with Gasteiger partial charge in [0, 0.05) is 6.54 Å². The van der Waals surface area contributed by atoms with E-state index in [1.165, 1.54) is 32.1 Å². The zero-order valence-electron chi connectivity index (χ0n) is 9.27. The number of amidine groups is 1. The van der Waals surface area contributed by atoms with Crippen molar-refractivity contribution in [2.45, 2.75) is 45.4 Å². The number of unbranched alkanes of at least 4 members (excludes halogenated alkanes) is 5. The van der Waals surface area contributed by atoms with E-state index in [1.807, 2.05) is 0 Å². The van der Waals surface area contributed by atoms with Crippen LogP contribution in [0.5, 0.6) is 0 Å². The van der Waals surface area contributed by atoms with Gasteiger partial charge in [-0.1, -0.05) is 39.0 Å². The molecule has 0 spiro atoms. The van der Waals surface area contributed by atoms with Crippen molar-refractivity contribution >= 4 is 17.8 Å². The molecule has 0 aliphatic heterocycles. The zero-order valence-corrected chi connectivity index (χ0v) is 10.8. The van der Waals surface area contributed by atoms with E-state index < -0.39 is 0 Å². The summed E-state index contributed by atoms with van der Waals surface area (Å²) in [5.41, 5.74) is 0. The SMILES string of the molecule is CCCCCCCCNC(=N)S.[Br-].[H+]. The Balaban J connectivity index is -0.000000605. The Hall–Kier alpha value is 0.300. The van der Waals surface area contributed by atoms with E-state index in [-0.39, 0.29) is 23.6 Å². The minimum absolute atomic E-state index is 0. The number of hydrogen-bond donors (Lipinski definition) is 3. The van der Waals surface area contributed by atoms with Crippen molar-refractivity contribution in [2.24, 2.45) is 0 Å². The molecule has 0 saturated carbocycles. The van der Waals surface area contributed by atoms with Crippen molar-refractivity contribution in [1.29, 1.82) is 5.41 Å². The van der Waals surface area contributed by atoms with Crippen molar-refractivity contribution in [1.82, 2.24) is 5.32 Å². The molecule has 0 saturated heterocycles. The summed E-state index contributed by atoms with van der Waals surface area (Å²) in [6, 6.07) is 0. The summed E-state index contributed by atoms with van der Waals surface area (Å²) in [6.45, 7) is 3.12. The number of rotatable bonds is 7. The fourth-order valence-corrected chi connectivity index (χ4v) is 1.22. The van der Waals surface area contributed by atoms with Crippen LogP contribution in [-0.2, 0) is 0 Å². The Morgan fingerprint density at radius 2 is 1.77 bits per heavy atom. The fourth-order valence-electron chi connectivity index (χ4n) is 1.11. The molecule has 0 radical (unpaired) electrons. The first kappa shape index (κ1) is 15.8. The van der Waals surface area contributed by atoms with Gasteiger partial charge < -0.3 is 22.3 Å². The normalized spacial score (nSPS) is 9.08. The Kier molecular flexibility index (Phi) is 14.9. The van der Waals surface area contributed by atoms with Gasteiger partial charge in [-0.2, -0.15) is 0 Å². The highest BCUT2D eigenvalue weighted by atomic mass is 79.9. The molecule has 4 heteroatoms. The van der Waals surface area contributed by atoms with Crippen LogP contribution in [0.15, 0.2) is 0 Å². The van der Waals surface area contributed by atoms with E-state index in [4.69, 9.17) is 5.41 Å². The molecule has 0 rings (SSSR count).